The maximum Gasteiger partial charge on any atom is 0.264 e. The first-order valence-electron chi connectivity index (χ1n) is 11.2. The number of amides is 1. The maximum atomic E-state index is 13.3. The van der Waals surface area contributed by atoms with Gasteiger partial charge in [-0.15, -0.1) is 0 Å². The molecule has 1 N–H and O–H groups in total. The van der Waals surface area contributed by atoms with Gasteiger partial charge in [-0.25, -0.2) is 13.8 Å². The van der Waals surface area contributed by atoms with E-state index in [0.717, 1.165) is 40.4 Å². The van der Waals surface area contributed by atoms with Crippen LogP contribution in [-0.4, -0.2) is 26.6 Å². The molecule has 174 valence electrons. The van der Waals surface area contributed by atoms with Crippen molar-refractivity contribution in [1.82, 2.24) is 5.43 Å². The monoisotopic (exact) mass is 457 g/mol. The third-order valence-electron chi connectivity index (χ3n) is 5.41. The predicted octanol–water partition coefficient (Wildman–Crippen LogP) is 5.35. The number of benzene rings is 2. The number of hydrazone groups is 1. The first-order valence-corrected chi connectivity index (χ1v) is 12.7. The SMILES string of the molecule is CCCCCCC/C(C)=N\NC(=O)CN(c1ccc(C)c(C)c1)S(=O)(=O)c1ccccc1. The van der Waals surface area contributed by atoms with Crippen LogP contribution < -0.4 is 9.73 Å². The number of anilines is 1. The van der Waals surface area contributed by atoms with E-state index >= 15 is 0 Å². The van der Waals surface area contributed by atoms with Crippen LogP contribution >= 0.6 is 0 Å². The Bertz CT molecular complexity index is 1020. The minimum absolute atomic E-state index is 0.137. The Balaban J connectivity index is 2.16. The fraction of sp³-hybridized carbons (Fsp3) is 0.440. The van der Waals surface area contributed by atoms with Gasteiger partial charge < -0.3 is 0 Å². The Morgan fingerprint density at radius 3 is 2.31 bits per heavy atom. The highest BCUT2D eigenvalue weighted by molar-refractivity contribution is 7.92. The molecule has 2 rings (SSSR count). The van der Waals surface area contributed by atoms with Crippen molar-refractivity contribution in [3.8, 4) is 0 Å². The lowest BCUT2D eigenvalue weighted by Gasteiger charge is -2.24. The number of sulfonamides is 1. The number of carbonyl (C=O) groups is 1. The summed E-state index contributed by atoms with van der Waals surface area (Å²) >= 11 is 0. The van der Waals surface area contributed by atoms with Crippen molar-refractivity contribution in [2.75, 3.05) is 10.8 Å². The summed E-state index contributed by atoms with van der Waals surface area (Å²) in [7, 11) is -3.92. The molecule has 7 heteroatoms. The van der Waals surface area contributed by atoms with Crippen LogP contribution in [0.2, 0.25) is 0 Å². The average molecular weight is 458 g/mol. The normalized spacial score (nSPS) is 11.9. The fourth-order valence-electron chi connectivity index (χ4n) is 3.28. The summed E-state index contributed by atoms with van der Waals surface area (Å²) < 4.78 is 27.8. The molecule has 0 atom stereocenters. The van der Waals surface area contributed by atoms with E-state index in [4.69, 9.17) is 0 Å². The predicted molar refractivity (Wildman–Crippen MR) is 132 cm³/mol. The summed E-state index contributed by atoms with van der Waals surface area (Å²) in [6.45, 7) is 7.58. The molecule has 0 saturated carbocycles. The van der Waals surface area contributed by atoms with E-state index in [-0.39, 0.29) is 11.4 Å². The molecule has 0 aliphatic carbocycles. The van der Waals surface area contributed by atoms with Gasteiger partial charge in [-0.2, -0.15) is 5.10 Å². The van der Waals surface area contributed by atoms with Gasteiger partial charge in [0.1, 0.15) is 6.54 Å². The molecule has 0 radical (unpaired) electrons. The van der Waals surface area contributed by atoms with Crippen LogP contribution in [0.25, 0.3) is 0 Å². The zero-order valence-corrected chi connectivity index (χ0v) is 20.4. The highest BCUT2D eigenvalue weighted by Crippen LogP contribution is 2.25. The number of rotatable bonds is 12. The van der Waals surface area contributed by atoms with Crippen molar-refractivity contribution in [3.63, 3.8) is 0 Å². The number of hydrogen-bond donors (Lipinski definition) is 1. The number of aryl methyl sites for hydroxylation is 2. The van der Waals surface area contributed by atoms with Crippen LogP contribution in [0, 0.1) is 13.8 Å². The number of unbranched alkanes of at least 4 members (excludes halogenated alkanes) is 4. The second-order valence-corrected chi connectivity index (χ2v) is 10.0. The summed E-state index contributed by atoms with van der Waals surface area (Å²) in [5.74, 6) is -0.479. The van der Waals surface area contributed by atoms with Crippen LogP contribution in [0.4, 0.5) is 5.69 Å². The molecule has 0 unspecified atom stereocenters. The van der Waals surface area contributed by atoms with Gasteiger partial charge in [0.25, 0.3) is 15.9 Å². The molecule has 2 aromatic rings. The fourth-order valence-corrected chi connectivity index (χ4v) is 4.71. The van der Waals surface area contributed by atoms with E-state index in [1.165, 1.54) is 31.4 Å². The number of nitrogens with one attached hydrogen (secondary N) is 1. The van der Waals surface area contributed by atoms with Gasteiger partial charge in [0, 0.05) is 5.71 Å². The Labute approximate surface area is 192 Å². The summed E-state index contributed by atoms with van der Waals surface area (Å²) in [5.41, 5.74) is 5.81. The summed E-state index contributed by atoms with van der Waals surface area (Å²) in [5, 5.41) is 4.17. The highest BCUT2D eigenvalue weighted by atomic mass is 32.2. The Morgan fingerprint density at radius 2 is 1.66 bits per heavy atom. The molecule has 0 aromatic heterocycles. The molecule has 32 heavy (non-hydrogen) atoms. The Hall–Kier alpha value is -2.67. The molecule has 0 spiro atoms. The molecule has 0 fully saturated rings. The number of carbonyl (C=O) groups excluding carboxylic acids is 1. The lowest BCUT2D eigenvalue weighted by Crippen LogP contribution is -2.39. The van der Waals surface area contributed by atoms with E-state index in [0.29, 0.717) is 5.69 Å². The van der Waals surface area contributed by atoms with Crippen molar-refractivity contribution >= 4 is 27.3 Å². The molecule has 6 nitrogen and oxygen atoms in total. The smallest absolute Gasteiger partial charge is 0.264 e. The molecule has 0 saturated heterocycles. The molecule has 0 aliphatic rings. The third-order valence-corrected chi connectivity index (χ3v) is 7.20. The van der Waals surface area contributed by atoms with E-state index in [1.54, 1.807) is 30.3 Å². The lowest BCUT2D eigenvalue weighted by molar-refractivity contribution is -0.119. The topological polar surface area (TPSA) is 78.8 Å². The Morgan fingerprint density at radius 1 is 0.969 bits per heavy atom. The summed E-state index contributed by atoms with van der Waals surface area (Å²) in [4.78, 5) is 12.8. The third kappa shape index (κ3) is 7.48. The van der Waals surface area contributed by atoms with Crippen molar-refractivity contribution in [1.29, 1.82) is 0 Å². The van der Waals surface area contributed by atoms with Crippen molar-refractivity contribution in [2.24, 2.45) is 5.10 Å². The molecule has 2 aromatic carbocycles. The van der Waals surface area contributed by atoms with Gasteiger partial charge in [0.15, 0.2) is 0 Å². The van der Waals surface area contributed by atoms with Gasteiger partial charge in [0.05, 0.1) is 10.6 Å². The molecule has 0 aliphatic heterocycles. The second kappa shape index (κ2) is 12.4. The second-order valence-electron chi connectivity index (χ2n) is 8.14. The van der Waals surface area contributed by atoms with Crippen molar-refractivity contribution < 1.29 is 13.2 Å². The first kappa shape index (κ1) is 25.6. The minimum Gasteiger partial charge on any atom is -0.271 e. The largest absolute Gasteiger partial charge is 0.271 e. The first-order chi connectivity index (χ1) is 15.3. The van der Waals surface area contributed by atoms with Crippen molar-refractivity contribution in [2.45, 2.75) is 71.1 Å². The number of nitrogens with zero attached hydrogens (tertiary/aromatic N) is 2. The highest BCUT2D eigenvalue weighted by Gasteiger charge is 2.27. The molecular weight excluding hydrogens is 422 g/mol. The molecule has 1 amide bonds. The lowest BCUT2D eigenvalue weighted by atomic mass is 10.1. The van der Waals surface area contributed by atoms with E-state index in [1.807, 2.05) is 26.8 Å². The van der Waals surface area contributed by atoms with E-state index in [9.17, 15) is 13.2 Å². The van der Waals surface area contributed by atoms with Crippen LogP contribution in [0.15, 0.2) is 58.5 Å². The van der Waals surface area contributed by atoms with E-state index < -0.39 is 15.9 Å². The van der Waals surface area contributed by atoms with Crippen molar-refractivity contribution in [3.05, 3.63) is 59.7 Å². The molecule has 0 heterocycles. The number of hydrogen-bond acceptors (Lipinski definition) is 4. The van der Waals surface area contributed by atoms with Crippen LogP contribution in [0.1, 0.15) is 63.5 Å². The van der Waals surface area contributed by atoms with Gasteiger partial charge >= 0.3 is 0 Å². The van der Waals surface area contributed by atoms with Gasteiger partial charge in [-0.1, -0.05) is 56.9 Å². The van der Waals surface area contributed by atoms with Crippen LogP contribution in [-0.2, 0) is 14.8 Å². The Kier molecular flexibility index (Phi) is 9.91. The quantitative estimate of drug-likeness (QED) is 0.265. The summed E-state index contributed by atoms with van der Waals surface area (Å²) in [6.07, 6.45) is 6.63. The van der Waals surface area contributed by atoms with E-state index in [2.05, 4.69) is 17.5 Å². The minimum atomic E-state index is -3.92. The summed E-state index contributed by atoms with van der Waals surface area (Å²) in [6, 6.07) is 13.5. The molecule has 0 bridgehead atoms. The standard InChI is InChI=1S/C25H35N3O3S/c1-5-6-7-8-10-13-22(4)26-27-25(29)19-28(23-17-16-20(2)21(3)18-23)32(30,31)24-14-11-9-12-15-24/h9,11-12,14-18H,5-8,10,13,19H2,1-4H3,(H,27,29)/b26-22-. The van der Waals surface area contributed by atoms with Crippen LogP contribution in [0.3, 0.4) is 0 Å². The maximum absolute atomic E-state index is 13.3. The van der Waals surface area contributed by atoms with Crippen LogP contribution in [0.5, 0.6) is 0 Å². The van der Waals surface area contributed by atoms with Gasteiger partial charge in [0.2, 0.25) is 0 Å². The average Bonchev–Trinajstić information content (AvgIpc) is 2.78. The van der Waals surface area contributed by atoms with Gasteiger partial charge in [-0.3, -0.25) is 9.10 Å². The molecular formula is C25H35N3O3S. The zero-order valence-electron chi connectivity index (χ0n) is 19.6. The zero-order chi connectivity index (χ0) is 23.6. The van der Waals surface area contributed by atoms with Gasteiger partial charge in [-0.05, 0) is 69.0 Å².